The van der Waals surface area contributed by atoms with E-state index in [0.29, 0.717) is 5.56 Å². The molecule has 3 rings (SSSR count). The van der Waals surface area contributed by atoms with Crippen LogP contribution in [0.4, 0.5) is 5.82 Å². The molecule has 230 valence electrons. The maximum atomic E-state index is 13.3. The Morgan fingerprint density at radius 1 is 1.19 bits per heavy atom. The van der Waals surface area contributed by atoms with Crippen molar-refractivity contribution in [3.63, 3.8) is 0 Å². The number of anilines is 1. The zero-order valence-corrected chi connectivity index (χ0v) is 24.3. The summed E-state index contributed by atoms with van der Waals surface area (Å²) < 4.78 is 59.0. The van der Waals surface area contributed by atoms with Crippen molar-refractivity contribution in [1.29, 1.82) is 0 Å². The summed E-state index contributed by atoms with van der Waals surface area (Å²) in [6.45, 7) is 2.14. The van der Waals surface area contributed by atoms with Gasteiger partial charge in [-0.2, -0.15) is 13.6 Å². The van der Waals surface area contributed by atoms with E-state index >= 15 is 0 Å². The van der Waals surface area contributed by atoms with Gasteiger partial charge in [0.1, 0.15) is 24.3 Å². The van der Waals surface area contributed by atoms with Crippen molar-refractivity contribution in [1.82, 2.24) is 9.55 Å². The fourth-order valence-corrected chi connectivity index (χ4v) is 6.85. The first-order valence-electron chi connectivity index (χ1n) is 11.5. The van der Waals surface area contributed by atoms with Gasteiger partial charge in [-0.25, -0.2) is 23.3 Å². The highest BCUT2D eigenvalue weighted by molar-refractivity contribution is 7.66. The second-order valence-electron chi connectivity index (χ2n) is 9.03. The number of hydrogen-bond acceptors (Lipinski definition) is 13. The van der Waals surface area contributed by atoms with Crippen molar-refractivity contribution in [3.8, 4) is 0 Å². The third kappa shape index (κ3) is 9.02. The van der Waals surface area contributed by atoms with E-state index in [1.807, 2.05) is 0 Å². The van der Waals surface area contributed by atoms with Gasteiger partial charge in [0.2, 0.25) is 0 Å². The molecule has 0 amide bonds. The third-order valence-electron chi connectivity index (χ3n) is 5.52. The van der Waals surface area contributed by atoms with Crippen LogP contribution in [-0.2, 0) is 41.9 Å². The number of nitrogens with two attached hydrogens (primary N) is 1. The molecular formula is C19H25N6O14P3. The Morgan fingerprint density at radius 3 is 2.48 bits per heavy atom. The topological polar surface area (TPSA) is 305 Å². The predicted molar refractivity (Wildman–Crippen MR) is 139 cm³/mol. The van der Waals surface area contributed by atoms with Crippen LogP contribution >= 0.6 is 23.5 Å². The van der Waals surface area contributed by atoms with E-state index < -0.39 is 65.7 Å². The Labute approximate surface area is 236 Å². The first-order valence-corrected chi connectivity index (χ1v) is 16.0. The summed E-state index contributed by atoms with van der Waals surface area (Å²) in [4.78, 5) is 68.5. The van der Waals surface area contributed by atoms with Gasteiger partial charge >= 0.3 is 35.1 Å². The van der Waals surface area contributed by atoms with E-state index in [2.05, 4.69) is 28.2 Å². The molecule has 0 spiro atoms. The minimum Gasteiger partial charge on any atom is -0.456 e. The molecule has 42 heavy (non-hydrogen) atoms. The molecule has 2 aromatic rings. The molecule has 23 heteroatoms. The van der Waals surface area contributed by atoms with Crippen molar-refractivity contribution in [2.75, 3.05) is 12.3 Å². The zero-order valence-electron chi connectivity index (χ0n) is 21.6. The highest BCUT2D eigenvalue weighted by Crippen LogP contribution is 2.66. The fraction of sp³-hybridized carbons (Fsp3) is 0.421. The number of carbonyl (C=O) groups excluding carboxylic acids is 1. The number of aromatic nitrogens is 2. The van der Waals surface area contributed by atoms with Crippen molar-refractivity contribution < 1.29 is 60.7 Å². The van der Waals surface area contributed by atoms with E-state index in [9.17, 15) is 33.1 Å². The Kier molecular flexibility index (Phi) is 10.2. The third-order valence-corrected chi connectivity index (χ3v) is 9.32. The van der Waals surface area contributed by atoms with Gasteiger partial charge in [0.05, 0.1) is 17.7 Å². The maximum Gasteiger partial charge on any atom is 0.490 e. The first-order chi connectivity index (χ1) is 19.3. The van der Waals surface area contributed by atoms with Crippen LogP contribution in [0.25, 0.3) is 10.4 Å². The van der Waals surface area contributed by atoms with Gasteiger partial charge in [-0.05, 0) is 23.2 Å². The summed E-state index contributed by atoms with van der Waals surface area (Å²) in [6, 6.07) is 7.33. The Hall–Kier alpha value is -2.95. The molecule has 5 atom stereocenters. The molecule has 1 aromatic heterocycles. The average Bonchev–Trinajstić information content (AvgIpc) is 3.22. The lowest BCUT2D eigenvalue weighted by Crippen LogP contribution is -2.32. The summed E-state index contributed by atoms with van der Waals surface area (Å²) in [5, 5.41) is 3.69. The maximum absolute atomic E-state index is 13.3. The van der Waals surface area contributed by atoms with Crippen LogP contribution in [0.2, 0.25) is 0 Å². The predicted octanol–water partition coefficient (Wildman–Crippen LogP) is 2.23. The number of azide groups is 1. The van der Waals surface area contributed by atoms with Crippen LogP contribution in [0.15, 0.2) is 46.4 Å². The van der Waals surface area contributed by atoms with Crippen LogP contribution in [0.1, 0.15) is 42.4 Å². The Balaban J connectivity index is 1.87. The normalized spacial score (nSPS) is 22.0. The molecule has 0 aliphatic carbocycles. The smallest absolute Gasteiger partial charge is 0.456 e. The molecule has 0 radical (unpaired) electrons. The molecule has 20 nitrogen and oxygen atoms in total. The number of rotatable bonds is 12. The lowest BCUT2D eigenvalue weighted by molar-refractivity contribution is -0.0511. The molecule has 1 fully saturated rings. The standard InChI is InChI=1S/C19H25N6O14P3/c1-19(2,23-24-21)12-6-4-3-5-11(12)17(26)37-13-9-16(25-8-7-15(20)22-18(25)27)36-14(13)10-35-41(31,32)39-42(33,34)38-40(28,29)30/h3-8,13-14,16H,9-10H2,1-2H3,(H,31,32)(H,33,34)(H2,20,22,27)(H2,28,29,30)/t13?,14-,16-/m1/s1. The van der Waals surface area contributed by atoms with E-state index in [4.69, 9.17) is 30.5 Å². The first kappa shape index (κ1) is 33.6. The minimum atomic E-state index is -5.80. The fourth-order valence-electron chi connectivity index (χ4n) is 3.82. The summed E-state index contributed by atoms with van der Waals surface area (Å²) in [7, 11) is -17.0. The number of nitrogens with zero attached hydrogens (tertiary/aromatic N) is 5. The summed E-state index contributed by atoms with van der Waals surface area (Å²) in [5.74, 6) is -1.03. The zero-order chi connectivity index (χ0) is 31.5. The van der Waals surface area contributed by atoms with Gasteiger partial charge < -0.3 is 34.8 Å². The molecule has 0 bridgehead atoms. The Bertz CT molecular complexity index is 1590. The number of ether oxygens (including phenoxy) is 2. The minimum absolute atomic E-state index is 0.00342. The second kappa shape index (κ2) is 12.7. The highest BCUT2D eigenvalue weighted by Gasteiger charge is 2.44. The van der Waals surface area contributed by atoms with Gasteiger partial charge in [0.25, 0.3) is 0 Å². The SMILES string of the molecule is CC(C)(N=[N+]=[N-])c1ccccc1C(=O)OC1C[C@H](n2ccc(N)nc2=O)O[C@@H]1COP(=O)(O)OP(=O)(O)OP(=O)(O)O. The molecule has 1 aromatic carbocycles. The Morgan fingerprint density at radius 2 is 1.86 bits per heavy atom. The number of esters is 1. The number of hydrogen-bond donors (Lipinski definition) is 5. The number of benzene rings is 1. The number of nitrogen functional groups attached to an aromatic ring is 1. The van der Waals surface area contributed by atoms with Crippen LogP contribution in [0.3, 0.4) is 0 Å². The van der Waals surface area contributed by atoms with Gasteiger partial charge in [-0.15, -0.1) is 0 Å². The van der Waals surface area contributed by atoms with Crippen LogP contribution in [0.5, 0.6) is 0 Å². The largest absolute Gasteiger partial charge is 0.490 e. The lowest BCUT2D eigenvalue weighted by Gasteiger charge is -2.24. The van der Waals surface area contributed by atoms with E-state index in [-0.39, 0.29) is 17.8 Å². The molecule has 1 aliphatic rings. The molecule has 1 saturated heterocycles. The monoisotopic (exact) mass is 654 g/mol. The van der Waals surface area contributed by atoms with Gasteiger partial charge in [0.15, 0.2) is 0 Å². The number of phosphoric ester groups is 1. The molecule has 1 aliphatic heterocycles. The lowest BCUT2D eigenvalue weighted by atomic mass is 9.91. The molecular weight excluding hydrogens is 629 g/mol. The summed E-state index contributed by atoms with van der Waals surface area (Å²) in [6.07, 6.45) is -2.89. The van der Waals surface area contributed by atoms with Crippen LogP contribution in [-0.4, -0.2) is 53.9 Å². The molecule has 2 heterocycles. The van der Waals surface area contributed by atoms with Crippen molar-refractivity contribution in [2.24, 2.45) is 5.11 Å². The van der Waals surface area contributed by atoms with Gasteiger partial charge in [-0.3, -0.25) is 9.09 Å². The highest BCUT2D eigenvalue weighted by atomic mass is 31.3. The average molecular weight is 654 g/mol. The molecule has 0 saturated carbocycles. The summed E-state index contributed by atoms with van der Waals surface area (Å²) in [5.41, 5.74) is 12.7. The van der Waals surface area contributed by atoms with Crippen LogP contribution in [0, 0.1) is 0 Å². The van der Waals surface area contributed by atoms with E-state index in [1.54, 1.807) is 19.9 Å². The van der Waals surface area contributed by atoms with Crippen LogP contribution < -0.4 is 11.4 Å². The van der Waals surface area contributed by atoms with E-state index in [1.165, 1.54) is 30.5 Å². The van der Waals surface area contributed by atoms with E-state index in [0.717, 1.165) is 4.57 Å². The van der Waals surface area contributed by atoms with Crippen molar-refractivity contribution >= 4 is 35.3 Å². The number of carbonyl (C=O) groups is 1. The van der Waals surface area contributed by atoms with Gasteiger partial charge in [-0.1, -0.05) is 37.2 Å². The van der Waals surface area contributed by atoms with Crippen molar-refractivity contribution in [3.05, 3.63) is 68.6 Å². The molecule has 3 unspecified atom stereocenters. The quantitative estimate of drug-likeness (QED) is 0.0720. The van der Waals surface area contributed by atoms with Crippen molar-refractivity contribution in [2.45, 2.75) is 44.2 Å². The number of phosphoric acid groups is 3. The second-order valence-corrected chi connectivity index (χ2v) is 13.5. The van der Waals surface area contributed by atoms with Gasteiger partial charge in [0, 0.05) is 17.5 Å². The molecule has 6 N–H and O–H groups in total. The summed E-state index contributed by atoms with van der Waals surface area (Å²) >= 11 is 0.